The number of hydrogen-bond donors (Lipinski definition) is 0. The van der Waals surface area contributed by atoms with Crippen LogP contribution >= 0.6 is 0 Å². The minimum atomic E-state index is 1.16. The summed E-state index contributed by atoms with van der Waals surface area (Å²) in [5, 5.41) is 0. The molecule has 0 saturated heterocycles. The predicted molar refractivity (Wildman–Crippen MR) is 55.1 cm³/mol. The Kier molecular flexibility index (Phi) is 3.86. The summed E-state index contributed by atoms with van der Waals surface area (Å²) in [5.74, 6) is 0. The molecule has 0 N–H and O–H groups in total. The Morgan fingerprint density at radius 2 is 2.08 bits per heavy atom. The van der Waals surface area contributed by atoms with E-state index in [2.05, 4.69) is 38.2 Å². The molecule has 0 saturated carbocycles. The molecule has 0 aliphatic heterocycles. The zero-order valence-corrected chi connectivity index (χ0v) is 8.14. The van der Waals surface area contributed by atoms with E-state index in [1.807, 2.05) is 0 Å². The lowest BCUT2D eigenvalue weighted by Gasteiger charge is -2.05. The van der Waals surface area contributed by atoms with Crippen LogP contribution in [0.25, 0.3) is 0 Å². The van der Waals surface area contributed by atoms with Gasteiger partial charge in [0.25, 0.3) is 0 Å². The van der Waals surface area contributed by atoms with Crippen molar-refractivity contribution in [3.8, 4) is 0 Å². The second-order valence-electron chi connectivity index (χ2n) is 3.21. The van der Waals surface area contributed by atoms with E-state index in [1.54, 1.807) is 5.57 Å². The van der Waals surface area contributed by atoms with Gasteiger partial charge in [-0.05, 0) is 25.7 Å². The predicted octanol–water partition coefficient (Wildman–Crippen LogP) is 4.01. The lowest BCUT2D eigenvalue weighted by molar-refractivity contribution is 0.896. The molecule has 0 heterocycles. The Balaban J connectivity index is 2.66. The maximum absolute atomic E-state index is 2.36. The van der Waals surface area contributed by atoms with E-state index in [4.69, 9.17) is 0 Å². The molecule has 0 fully saturated rings. The molecule has 0 aromatic carbocycles. The van der Waals surface area contributed by atoms with Crippen LogP contribution in [0.2, 0.25) is 0 Å². The molecule has 66 valence electrons. The lowest BCUT2D eigenvalue weighted by Crippen LogP contribution is -1.84. The van der Waals surface area contributed by atoms with Crippen molar-refractivity contribution >= 4 is 0 Å². The summed E-state index contributed by atoms with van der Waals surface area (Å²) in [7, 11) is 0. The van der Waals surface area contributed by atoms with Crippen molar-refractivity contribution < 1.29 is 0 Å². The minimum absolute atomic E-state index is 1.16. The summed E-state index contributed by atoms with van der Waals surface area (Å²) >= 11 is 0. The van der Waals surface area contributed by atoms with Gasteiger partial charge in [0.2, 0.25) is 0 Å². The molecule has 0 amide bonds. The summed E-state index contributed by atoms with van der Waals surface area (Å²) in [5.41, 5.74) is 3.04. The van der Waals surface area contributed by atoms with Crippen LogP contribution in [-0.4, -0.2) is 0 Å². The monoisotopic (exact) mass is 162 g/mol. The molecule has 0 radical (unpaired) electrons. The lowest BCUT2D eigenvalue weighted by atomic mass is 10.0. The second-order valence-corrected chi connectivity index (χ2v) is 3.21. The molecular formula is C12H18. The Bertz CT molecular complexity index is 216. The van der Waals surface area contributed by atoms with Gasteiger partial charge in [0, 0.05) is 0 Å². The second kappa shape index (κ2) is 4.97. The highest BCUT2D eigenvalue weighted by Crippen LogP contribution is 2.15. The molecule has 0 nitrogen and oxygen atoms in total. The van der Waals surface area contributed by atoms with Gasteiger partial charge in [-0.2, -0.15) is 0 Å². The van der Waals surface area contributed by atoms with Crippen molar-refractivity contribution in [2.24, 2.45) is 0 Å². The third kappa shape index (κ3) is 2.69. The first-order valence-electron chi connectivity index (χ1n) is 4.92. The molecule has 0 bridgehead atoms. The van der Waals surface area contributed by atoms with E-state index in [0.717, 1.165) is 6.42 Å². The van der Waals surface area contributed by atoms with E-state index < -0.39 is 0 Å². The average molecular weight is 162 g/mol. The van der Waals surface area contributed by atoms with Crippen molar-refractivity contribution in [1.82, 2.24) is 0 Å². The fourth-order valence-electron chi connectivity index (χ4n) is 1.46. The van der Waals surface area contributed by atoms with Gasteiger partial charge in [-0.25, -0.2) is 0 Å². The molecule has 0 aromatic heterocycles. The van der Waals surface area contributed by atoms with Crippen LogP contribution < -0.4 is 0 Å². The van der Waals surface area contributed by atoms with Crippen LogP contribution in [0.15, 0.2) is 35.5 Å². The van der Waals surface area contributed by atoms with Gasteiger partial charge in [0.05, 0.1) is 0 Å². The van der Waals surface area contributed by atoms with Crippen LogP contribution in [-0.2, 0) is 0 Å². The van der Waals surface area contributed by atoms with Gasteiger partial charge >= 0.3 is 0 Å². The van der Waals surface area contributed by atoms with Crippen LogP contribution in [0.5, 0.6) is 0 Å². The summed E-state index contributed by atoms with van der Waals surface area (Å²) in [6.07, 6.45) is 13.9. The molecule has 1 rings (SSSR count). The standard InChI is InChI=1S/C12H18/c1-3-11-7-5-9-12(4-2)10-6-8-11/h5,7-9H,3-4,6,10H2,1-2H3/b7-5-,11-8-,12-9-. The molecule has 1 aliphatic carbocycles. The van der Waals surface area contributed by atoms with Gasteiger partial charge < -0.3 is 0 Å². The normalized spacial score (nSPS) is 29.2. The average Bonchev–Trinajstić information content (AvgIpc) is 2.05. The third-order valence-corrected chi connectivity index (χ3v) is 2.38. The Hall–Kier alpha value is -0.780. The largest absolute Gasteiger partial charge is 0.0810 e. The Morgan fingerprint density at radius 3 is 2.75 bits per heavy atom. The van der Waals surface area contributed by atoms with Crippen LogP contribution in [0, 0.1) is 0 Å². The highest BCUT2D eigenvalue weighted by molar-refractivity contribution is 5.26. The Morgan fingerprint density at radius 1 is 1.25 bits per heavy atom. The smallest absolute Gasteiger partial charge is 0.0282 e. The molecule has 0 spiro atoms. The summed E-state index contributed by atoms with van der Waals surface area (Å²) in [6, 6.07) is 0. The van der Waals surface area contributed by atoms with Gasteiger partial charge in [-0.3, -0.25) is 0 Å². The van der Waals surface area contributed by atoms with Gasteiger partial charge in [-0.15, -0.1) is 0 Å². The topological polar surface area (TPSA) is 0 Å². The fraction of sp³-hybridized carbons (Fsp3) is 0.500. The van der Waals surface area contributed by atoms with Crippen LogP contribution in [0.4, 0.5) is 0 Å². The fourth-order valence-corrected chi connectivity index (χ4v) is 1.46. The highest BCUT2D eigenvalue weighted by atomic mass is 14.0. The number of allylic oxidation sites excluding steroid dienone is 6. The molecule has 0 heteroatoms. The Labute approximate surface area is 75.7 Å². The molecule has 0 unspecified atom stereocenters. The van der Waals surface area contributed by atoms with Gasteiger partial charge in [0.1, 0.15) is 0 Å². The molecule has 0 aromatic rings. The zero-order valence-electron chi connectivity index (χ0n) is 8.14. The van der Waals surface area contributed by atoms with E-state index in [9.17, 15) is 0 Å². The minimum Gasteiger partial charge on any atom is -0.0810 e. The number of hydrogen-bond acceptors (Lipinski definition) is 0. The first-order valence-corrected chi connectivity index (χ1v) is 4.92. The number of rotatable bonds is 2. The van der Waals surface area contributed by atoms with Crippen molar-refractivity contribution in [1.29, 1.82) is 0 Å². The maximum atomic E-state index is 2.36. The first kappa shape index (κ1) is 9.31. The molecular weight excluding hydrogens is 144 g/mol. The summed E-state index contributed by atoms with van der Waals surface area (Å²) < 4.78 is 0. The van der Waals surface area contributed by atoms with E-state index in [-0.39, 0.29) is 0 Å². The van der Waals surface area contributed by atoms with E-state index in [0.29, 0.717) is 0 Å². The van der Waals surface area contributed by atoms with Crippen molar-refractivity contribution in [3.63, 3.8) is 0 Å². The van der Waals surface area contributed by atoms with Crippen molar-refractivity contribution in [3.05, 3.63) is 35.5 Å². The molecule has 1 aliphatic rings. The summed E-state index contributed by atoms with van der Waals surface area (Å²) in [4.78, 5) is 0. The molecule has 0 atom stereocenters. The van der Waals surface area contributed by atoms with Crippen LogP contribution in [0.3, 0.4) is 0 Å². The zero-order chi connectivity index (χ0) is 8.81. The highest BCUT2D eigenvalue weighted by Gasteiger charge is 1.95. The van der Waals surface area contributed by atoms with Gasteiger partial charge in [0.15, 0.2) is 0 Å². The summed E-state index contributed by atoms with van der Waals surface area (Å²) in [6.45, 7) is 4.44. The molecule has 12 heavy (non-hydrogen) atoms. The van der Waals surface area contributed by atoms with E-state index in [1.165, 1.54) is 24.8 Å². The van der Waals surface area contributed by atoms with Crippen molar-refractivity contribution in [2.75, 3.05) is 0 Å². The maximum Gasteiger partial charge on any atom is -0.0282 e. The van der Waals surface area contributed by atoms with Crippen molar-refractivity contribution in [2.45, 2.75) is 39.5 Å². The van der Waals surface area contributed by atoms with Crippen LogP contribution in [0.1, 0.15) is 39.5 Å². The quantitative estimate of drug-likeness (QED) is 0.575. The van der Waals surface area contributed by atoms with E-state index >= 15 is 0 Å². The van der Waals surface area contributed by atoms with Gasteiger partial charge in [-0.1, -0.05) is 49.3 Å². The third-order valence-electron chi connectivity index (χ3n) is 2.38. The SMILES string of the molecule is CCC1=C/CC\C(CC)=C/C=C\1. The first-order chi connectivity index (χ1) is 5.86.